The summed E-state index contributed by atoms with van der Waals surface area (Å²) in [5, 5.41) is 11.7. The van der Waals surface area contributed by atoms with Gasteiger partial charge in [0.2, 0.25) is 0 Å². The van der Waals surface area contributed by atoms with Crippen molar-refractivity contribution in [1.29, 1.82) is 0 Å². The third kappa shape index (κ3) is 6.37. The summed E-state index contributed by atoms with van der Waals surface area (Å²) >= 11 is 0. The first-order valence-corrected chi connectivity index (χ1v) is 22.3. The molecule has 0 saturated carbocycles. The van der Waals surface area contributed by atoms with Crippen molar-refractivity contribution < 1.29 is 25.8 Å². The van der Waals surface area contributed by atoms with Crippen LogP contribution >= 0.6 is 0 Å². The van der Waals surface area contributed by atoms with Crippen molar-refractivity contribution in [2.45, 2.75) is 20.8 Å². The Kier molecular flexibility index (Phi) is 9.59. The van der Waals surface area contributed by atoms with E-state index in [4.69, 9.17) is 9.72 Å². The molecule has 0 aliphatic rings. The maximum absolute atomic E-state index is 6.51. The molecule has 0 atom stereocenters. The number of nitrogens with zero attached hydrogens (tertiary/aromatic N) is 6. The van der Waals surface area contributed by atoms with Gasteiger partial charge in [-0.1, -0.05) is 103 Å². The molecule has 13 aromatic rings. The number of para-hydroxylation sites is 5. The molecule has 13 rings (SSSR count). The predicted molar refractivity (Wildman–Crippen MR) is 268 cm³/mol. The summed E-state index contributed by atoms with van der Waals surface area (Å²) in [4.78, 5) is 5.39. The fourth-order valence-corrected chi connectivity index (χ4v) is 10.2. The van der Waals surface area contributed by atoms with Gasteiger partial charge in [-0.15, -0.1) is 35.7 Å². The summed E-state index contributed by atoms with van der Waals surface area (Å²) in [7, 11) is 0. The summed E-state index contributed by atoms with van der Waals surface area (Å²) in [5.74, 6) is 1.96. The molecular weight excluding hydrogens is 1000 g/mol. The molecule has 0 radical (unpaired) electrons. The number of hydrogen-bond acceptors (Lipinski definition) is 3. The van der Waals surface area contributed by atoms with E-state index in [2.05, 4.69) is 202 Å². The minimum absolute atomic E-state index is 0. The fourth-order valence-electron chi connectivity index (χ4n) is 10.2. The Hall–Kier alpha value is -7.99. The van der Waals surface area contributed by atoms with Crippen molar-refractivity contribution in [2.75, 3.05) is 0 Å². The van der Waals surface area contributed by atoms with Gasteiger partial charge in [0.15, 0.2) is 0 Å². The second kappa shape index (κ2) is 15.9. The molecule has 7 nitrogen and oxygen atoms in total. The van der Waals surface area contributed by atoms with Crippen molar-refractivity contribution in [2.24, 2.45) is 0 Å². The van der Waals surface area contributed by atoms with Crippen molar-refractivity contribution in [3.05, 3.63) is 217 Å². The number of hydrogen-bond donors (Lipinski definition) is 0. The van der Waals surface area contributed by atoms with Gasteiger partial charge < -0.3 is 18.4 Å². The molecule has 0 saturated heterocycles. The largest absolute Gasteiger partial charge is 2.00 e. The Bertz CT molecular complexity index is 3860. The zero-order valence-corrected chi connectivity index (χ0v) is 39.1. The molecule has 0 unspecified atom stereocenters. The Balaban J connectivity index is 0.00000468. The van der Waals surface area contributed by atoms with E-state index in [0.717, 1.165) is 94.8 Å². The SMILES string of the molecule is Cc1cc(C)n(-c2[c-]c(Oc3[c-]c4c(cc3)c3ccccc3n4-c3cc(C)c(-c4c(-n5c6ccccc6c6ccccc65)cccc4-n4c5ccccc5c5ccccc54)cn3)ccc2)n1.[Pt+2]. The molecular formula is C59H40N6OPt. The zero-order valence-electron chi connectivity index (χ0n) is 36.8. The van der Waals surface area contributed by atoms with Crippen LogP contribution in [0.2, 0.25) is 0 Å². The summed E-state index contributed by atoms with van der Waals surface area (Å²) in [5.41, 5.74) is 14.7. The molecule has 0 aliphatic heterocycles. The van der Waals surface area contributed by atoms with Gasteiger partial charge in [-0.05, 0) is 92.0 Å². The van der Waals surface area contributed by atoms with E-state index in [9.17, 15) is 0 Å². The summed E-state index contributed by atoms with van der Waals surface area (Å²) in [6, 6.07) is 71.3. The van der Waals surface area contributed by atoms with Crippen LogP contribution in [0.5, 0.6) is 11.5 Å². The van der Waals surface area contributed by atoms with Crippen LogP contribution < -0.4 is 4.74 Å². The maximum atomic E-state index is 6.51. The van der Waals surface area contributed by atoms with E-state index in [0.29, 0.717) is 11.5 Å². The van der Waals surface area contributed by atoms with Gasteiger partial charge in [-0.25, -0.2) is 4.98 Å². The van der Waals surface area contributed by atoms with Crippen LogP contribution in [0.25, 0.3) is 99.4 Å². The average molecular weight is 1040 g/mol. The minimum atomic E-state index is 0. The molecule has 5 heterocycles. The quantitative estimate of drug-likeness (QED) is 0.150. The van der Waals surface area contributed by atoms with Gasteiger partial charge in [-0.3, -0.25) is 4.68 Å². The standard InChI is InChI=1S/C59H40N6O.Pt/c1-37-32-58(64-54-27-13-8-22-47(54)48-31-30-42(35-57(48)64)66-41-17-14-16-40(34-41)65-39(3)33-38(2)61-65)60-36-49(37)59-55(62-50-23-9-4-18-43(50)44-19-5-10-24-51(44)62)28-15-29-56(59)63-52-25-11-6-20-45(52)46-21-7-12-26-53(46)63;/h4-33,36H,1-3H3;/q-2;+2. The third-order valence-corrected chi connectivity index (χ3v) is 13.0. The van der Waals surface area contributed by atoms with Crippen LogP contribution in [-0.4, -0.2) is 28.5 Å². The molecule has 0 fully saturated rings. The van der Waals surface area contributed by atoms with E-state index in [1.54, 1.807) is 0 Å². The normalized spacial score (nSPS) is 11.7. The van der Waals surface area contributed by atoms with E-state index >= 15 is 0 Å². The van der Waals surface area contributed by atoms with Crippen LogP contribution in [0.4, 0.5) is 0 Å². The summed E-state index contributed by atoms with van der Waals surface area (Å²) in [6.45, 7) is 6.24. The molecule has 5 aromatic heterocycles. The molecule has 0 amide bonds. The van der Waals surface area contributed by atoms with E-state index < -0.39 is 0 Å². The molecule has 8 aromatic carbocycles. The molecule has 322 valence electrons. The molecule has 0 bridgehead atoms. The first-order chi connectivity index (χ1) is 32.5. The van der Waals surface area contributed by atoms with Crippen LogP contribution in [0, 0.1) is 32.9 Å². The zero-order chi connectivity index (χ0) is 44.0. The Morgan fingerprint density at radius 3 is 1.48 bits per heavy atom. The molecule has 0 aliphatic carbocycles. The molecule has 0 N–H and O–H groups in total. The van der Waals surface area contributed by atoms with E-state index in [-0.39, 0.29) is 21.1 Å². The molecule has 8 heteroatoms. The number of pyridine rings is 1. The smallest absolute Gasteiger partial charge is 0.509 e. The number of aryl methyl sites for hydroxylation is 3. The number of aromatic nitrogens is 6. The van der Waals surface area contributed by atoms with Crippen molar-refractivity contribution in [3.8, 4) is 45.5 Å². The van der Waals surface area contributed by atoms with Crippen LogP contribution in [0.1, 0.15) is 17.0 Å². The second-order valence-corrected chi connectivity index (χ2v) is 17.0. The predicted octanol–water partition coefficient (Wildman–Crippen LogP) is 14.5. The average Bonchev–Trinajstić information content (AvgIpc) is 4.08. The van der Waals surface area contributed by atoms with Gasteiger partial charge in [0.1, 0.15) is 5.82 Å². The first kappa shape index (κ1) is 40.5. The maximum Gasteiger partial charge on any atom is 2.00 e. The van der Waals surface area contributed by atoms with Gasteiger partial charge in [0, 0.05) is 61.6 Å². The fraction of sp³-hybridized carbons (Fsp3) is 0.0508. The van der Waals surface area contributed by atoms with Crippen LogP contribution in [0.15, 0.2) is 188 Å². The Morgan fingerprint density at radius 1 is 0.463 bits per heavy atom. The number of rotatable bonds is 7. The van der Waals surface area contributed by atoms with Gasteiger partial charge in [0.05, 0.1) is 39.1 Å². The summed E-state index contributed by atoms with van der Waals surface area (Å²) < 4.78 is 15.5. The van der Waals surface area contributed by atoms with Gasteiger partial charge in [-0.2, -0.15) is 17.2 Å². The number of fused-ring (bicyclic) bond motifs is 9. The van der Waals surface area contributed by atoms with Crippen molar-refractivity contribution >= 4 is 65.4 Å². The van der Waals surface area contributed by atoms with Gasteiger partial charge in [0.25, 0.3) is 0 Å². The minimum Gasteiger partial charge on any atom is -0.509 e. The second-order valence-electron chi connectivity index (χ2n) is 17.0. The van der Waals surface area contributed by atoms with Crippen molar-refractivity contribution in [1.82, 2.24) is 28.5 Å². The van der Waals surface area contributed by atoms with E-state index in [1.165, 1.54) is 21.5 Å². The van der Waals surface area contributed by atoms with Gasteiger partial charge >= 0.3 is 21.1 Å². The van der Waals surface area contributed by atoms with Crippen LogP contribution in [-0.2, 0) is 21.1 Å². The Labute approximate surface area is 401 Å². The number of benzene rings is 8. The molecule has 67 heavy (non-hydrogen) atoms. The third-order valence-electron chi connectivity index (χ3n) is 13.0. The topological polar surface area (TPSA) is 54.7 Å². The number of ether oxygens (including phenoxy) is 1. The van der Waals surface area contributed by atoms with E-state index in [1.807, 2.05) is 42.8 Å². The van der Waals surface area contributed by atoms with Crippen molar-refractivity contribution in [3.63, 3.8) is 0 Å². The van der Waals surface area contributed by atoms with Crippen LogP contribution in [0.3, 0.4) is 0 Å². The first-order valence-electron chi connectivity index (χ1n) is 22.3. The Morgan fingerprint density at radius 2 is 0.955 bits per heavy atom. The summed E-state index contributed by atoms with van der Waals surface area (Å²) in [6.07, 6.45) is 2.06. The molecule has 0 spiro atoms. The monoisotopic (exact) mass is 1040 g/mol.